The summed E-state index contributed by atoms with van der Waals surface area (Å²) in [5, 5.41) is 8.30. The van der Waals surface area contributed by atoms with Gasteiger partial charge >= 0.3 is 0 Å². The first-order chi connectivity index (χ1) is 13.4. The smallest absolute Gasteiger partial charge is 0.253 e. The summed E-state index contributed by atoms with van der Waals surface area (Å²) in [6, 6.07) is 9.97. The first-order valence-electron chi connectivity index (χ1n) is 9.15. The summed E-state index contributed by atoms with van der Waals surface area (Å²) in [5.74, 6) is 0.534. The lowest BCUT2D eigenvalue weighted by atomic mass is 10.0. The highest BCUT2D eigenvalue weighted by molar-refractivity contribution is 7.98. The van der Waals surface area contributed by atoms with Crippen LogP contribution in [0.1, 0.15) is 28.6 Å². The fourth-order valence-corrected chi connectivity index (χ4v) is 3.56. The van der Waals surface area contributed by atoms with Gasteiger partial charge in [-0.1, -0.05) is 42.1 Å². The number of likely N-dealkylation sites (N-methyl/N-ethyl adjacent to an activating group) is 1. The van der Waals surface area contributed by atoms with Gasteiger partial charge in [0.2, 0.25) is 11.1 Å². The number of nitrogens with one attached hydrogen (secondary N) is 1. The molecule has 0 bridgehead atoms. The van der Waals surface area contributed by atoms with Crippen LogP contribution in [0, 0.1) is 13.8 Å². The fraction of sp³-hybridized carbons (Fsp3) is 0.400. The average molecular weight is 399 g/mol. The van der Waals surface area contributed by atoms with E-state index in [0.717, 1.165) is 29.1 Å². The molecule has 7 nitrogen and oxygen atoms in total. The van der Waals surface area contributed by atoms with Gasteiger partial charge in [-0.15, -0.1) is 5.10 Å². The Morgan fingerprint density at radius 3 is 2.57 bits per heavy atom. The molecule has 148 valence electrons. The third-order valence-corrected chi connectivity index (χ3v) is 5.17. The van der Waals surface area contributed by atoms with Gasteiger partial charge < -0.3 is 10.2 Å². The zero-order valence-corrected chi connectivity index (χ0v) is 17.7. The zero-order valence-electron chi connectivity index (χ0n) is 16.9. The SMILES string of the molecule is CSc1nc2nc(C)c(CC(=O)NC(CN(C)C)c3ccccc3)c(C)n2n1. The monoisotopic (exact) mass is 398 g/mol. The van der Waals surface area contributed by atoms with E-state index in [0.29, 0.717) is 10.9 Å². The highest BCUT2D eigenvalue weighted by Gasteiger charge is 2.19. The highest BCUT2D eigenvalue weighted by Crippen LogP contribution is 2.18. The second-order valence-corrected chi connectivity index (χ2v) is 7.81. The molecule has 0 spiro atoms. The summed E-state index contributed by atoms with van der Waals surface area (Å²) in [6.07, 6.45) is 2.19. The number of carbonyl (C=O) groups is 1. The first kappa shape index (κ1) is 20.3. The number of amides is 1. The number of hydrogen-bond acceptors (Lipinski definition) is 6. The maximum atomic E-state index is 12.9. The molecule has 3 aromatic rings. The van der Waals surface area contributed by atoms with Crippen LogP contribution in [0.15, 0.2) is 35.5 Å². The summed E-state index contributed by atoms with van der Waals surface area (Å²) >= 11 is 1.47. The predicted molar refractivity (Wildman–Crippen MR) is 112 cm³/mol. The number of aryl methyl sites for hydroxylation is 2. The van der Waals surface area contributed by atoms with E-state index < -0.39 is 0 Å². The molecule has 0 aliphatic rings. The highest BCUT2D eigenvalue weighted by atomic mass is 32.2. The number of rotatable bonds is 7. The van der Waals surface area contributed by atoms with Crippen LogP contribution in [-0.2, 0) is 11.2 Å². The third-order valence-electron chi connectivity index (χ3n) is 4.63. The number of nitrogens with zero attached hydrogens (tertiary/aromatic N) is 5. The van der Waals surface area contributed by atoms with Crippen molar-refractivity contribution in [1.29, 1.82) is 0 Å². The second-order valence-electron chi connectivity index (χ2n) is 7.04. The van der Waals surface area contributed by atoms with E-state index in [1.165, 1.54) is 11.8 Å². The Kier molecular flexibility index (Phi) is 6.31. The molecule has 1 amide bonds. The van der Waals surface area contributed by atoms with Crippen LogP contribution in [0.3, 0.4) is 0 Å². The van der Waals surface area contributed by atoms with Crippen LogP contribution in [0.25, 0.3) is 5.78 Å². The van der Waals surface area contributed by atoms with Crippen LogP contribution in [0.2, 0.25) is 0 Å². The quantitative estimate of drug-likeness (QED) is 0.616. The van der Waals surface area contributed by atoms with Crippen molar-refractivity contribution in [3.63, 3.8) is 0 Å². The Morgan fingerprint density at radius 2 is 1.93 bits per heavy atom. The number of fused-ring (bicyclic) bond motifs is 1. The summed E-state index contributed by atoms with van der Waals surface area (Å²) in [6.45, 7) is 4.60. The molecular formula is C20H26N6OS. The molecular weight excluding hydrogens is 372 g/mol. The van der Waals surface area contributed by atoms with Crippen molar-refractivity contribution < 1.29 is 4.79 Å². The zero-order chi connectivity index (χ0) is 20.3. The van der Waals surface area contributed by atoms with Gasteiger partial charge in [-0.25, -0.2) is 9.50 Å². The normalized spacial score (nSPS) is 12.5. The van der Waals surface area contributed by atoms with Crippen molar-refractivity contribution in [3.05, 3.63) is 52.8 Å². The van der Waals surface area contributed by atoms with Crippen LogP contribution >= 0.6 is 11.8 Å². The molecule has 0 aliphatic heterocycles. The van der Waals surface area contributed by atoms with E-state index in [1.807, 2.05) is 64.5 Å². The molecule has 1 unspecified atom stereocenters. The molecule has 0 radical (unpaired) electrons. The molecule has 1 atom stereocenters. The van der Waals surface area contributed by atoms with E-state index >= 15 is 0 Å². The number of carbonyl (C=O) groups excluding carboxylic acids is 1. The maximum absolute atomic E-state index is 12.9. The van der Waals surface area contributed by atoms with Gasteiger partial charge in [0, 0.05) is 23.5 Å². The summed E-state index contributed by atoms with van der Waals surface area (Å²) in [4.78, 5) is 23.9. The van der Waals surface area contributed by atoms with Crippen LogP contribution in [0.5, 0.6) is 0 Å². The lowest BCUT2D eigenvalue weighted by Gasteiger charge is -2.23. The molecule has 1 N–H and O–H groups in total. The molecule has 1 aromatic carbocycles. The van der Waals surface area contributed by atoms with Crippen LogP contribution in [-0.4, -0.2) is 57.3 Å². The number of aromatic nitrogens is 4. The Hall–Kier alpha value is -2.45. The third kappa shape index (κ3) is 4.51. The maximum Gasteiger partial charge on any atom is 0.253 e. The minimum atomic E-state index is -0.0736. The van der Waals surface area contributed by atoms with Crippen molar-refractivity contribution >= 4 is 23.4 Å². The Balaban J connectivity index is 1.83. The summed E-state index contributed by atoms with van der Waals surface area (Å²) in [5.41, 5.74) is 3.69. The van der Waals surface area contributed by atoms with Gasteiger partial charge in [0.15, 0.2) is 0 Å². The molecule has 0 saturated carbocycles. The fourth-order valence-electron chi connectivity index (χ4n) is 3.22. The van der Waals surface area contributed by atoms with E-state index in [1.54, 1.807) is 4.52 Å². The second kappa shape index (κ2) is 8.70. The van der Waals surface area contributed by atoms with Crippen molar-refractivity contribution in [1.82, 2.24) is 29.8 Å². The lowest BCUT2D eigenvalue weighted by molar-refractivity contribution is -0.121. The minimum Gasteiger partial charge on any atom is -0.348 e. The minimum absolute atomic E-state index is 0.0340. The molecule has 3 rings (SSSR count). The Morgan fingerprint density at radius 1 is 1.21 bits per heavy atom. The topological polar surface area (TPSA) is 75.4 Å². The van der Waals surface area contributed by atoms with E-state index in [9.17, 15) is 4.79 Å². The molecule has 2 aromatic heterocycles. The van der Waals surface area contributed by atoms with Gasteiger partial charge in [-0.3, -0.25) is 4.79 Å². The van der Waals surface area contributed by atoms with Gasteiger partial charge in [-0.05, 0) is 39.8 Å². The number of hydrogen-bond donors (Lipinski definition) is 1. The van der Waals surface area contributed by atoms with E-state index in [4.69, 9.17) is 0 Å². The summed E-state index contributed by atoms with van der Waals surface area (Å²) in [7, 11) is 4.00. The first-order valence-corrected chi connectivity index (χ1v) is 10.4. The molecule has 0 fully saturated rings. The van der Waals surface area contributed by atoms with Crippen molar-refractivity contribution in [2.45, 2.75) is 31.5 Å². The molecule has 0 aliphatic carbocycles. The number of benzene rings is 1. The van der Waals surface area contributed by atoms with Crippen LogP contribution in [0.4, 0.5) is 0 Å². The van der Waals surface area contributed by atoms with Crippen molar-refractivity contribution in [2.75, 3.05) is 26.9 Å². The Bertz CT molecular complexity index is 970. The van der Waals surface area contributed by atoms with Gasteiger partial charge in [0.1, 0.15) is 0 Å². The van der Waals surface area contributed by atoms with Crippen molar-refractivity contribution in [3.8, 4) is 0 Å². The largest absolute Gasteiger partial charge is 0.348 e. The standard InChI is InChI=1S/C20H26N6OS/c1-13-16(14(2)26-19(21-13)23-20(24-26)28-5)11-18(27)22-17(12-25(3)4)15-9-7-6-8-10-15/h6-10,17H,11-12H2,1-5H3,(H,22,27). The van der Waals surface area contributed by atoms with E-state index in [2.05, 4.69) is 25.3 Å². The van der Waals surface area contributed by atoms with Gasteiger partial charge in [-0.2, -0.15) is 4.98 Å². The average Bonchev–Trinajstić information content (AvgIpc) is 3.08. The molecule has 2 heterocycles. The summed E-state index contributed by atoms with van der Waals surface area (Å²) < 4.78 is 1.72. The van der Waals surface area contributed by atoms with Crippen molar-refractivity contribution in [2.24, 2.45) is 0 Å². The molecule has 0 saturated heterocycles. The lowest BCUT2D eigenvalue weighted by Crippen LogP contribution is -2.36. The van der Waals surface area contributed by atoms with Gasteiger partial charge in [0.25, 0.3) is 5.78 Å². The number of thioether (sulfide) groups is 1. The molecule has 28 heavy (non-hydrogen) atoms. The van der Waals surface area contributed by atoms with Crippen LogP contribution < -0.4 is 5.32 Å². The molecule has 8 heteroatoms. The Labute approximate surface area is 169 Å². The predicted octanol–water partition coefficient (Wildman–Crippen LogP) is 2.42. The van der Waals surface area contributed by atoms with Gasteiger partial charge in [0.05, 0.1) is 12.5 Å². The van der Waals surface area contributed by atoms with E-state index in [-0.39, 0.29) is 18.4 Å².